The molecule has 19 heavy (non-hydrogen) atoms. The van der Waals surface area contributed by atoms with Crippen LogP contribution in [-0.4, -0.2) is 14.2 Å². The van der Waals surface area contributed by atoms with Crippen molar-refractivity contribution in [2.24, 2.45) is 10.8 Å². The van der Waals surface area contributed by atoms with Gasteiger partial charge >= 0.3 is 0 Å². The van der Waals surface area contributed by atoms with Crippen molar-refractivity contribution < 1.29 is 8.42 Å². The van der Waals surface area contributed by atoms with Gasteiger partial charge in [-0.25, -0.2) is 8.42 Å². The van der Waals surface area contributed by atoms with Crippen LogP contribution in [0.15, 0.2) is 18.2 Å². The van der Waals surface area contributed by atoms with Crippen molar-refractivity contribution in [3.63, 3.8) is 0 Å². The first kappa shape index (κ1) is 13.4. The molecule has 0 unspecified atom stereocenters. The molecule has 3 aliphatic rings. The highest BCUT2D eigenvalue weighted by molar-refractivity contribution is 8.13. The van der Waals surface area contributed by atoms with Gasteiger partial charge in [0.05, 0.1) is 5.75 Å². The molecule has 3 saturated carbocycles. The predicted molar refractivity (Wildman–Crippen MR) is 78.0 cm³/mol. The van der Waals surface area contributed by atoms with Crippen LogP contribution in [0.25, 0.3) is 0 Å². The van der Waals surface area contributed by atoms with E-state index in [4.69, 9.17) is 10.7 Å². The molecule has 0 N–H and O–H groups in total. The van der Waals surface area contributed by atoms with Crippen LogP contribution in [0.2, 0.25) is 0 Å². The molecule has 0 aromatic heterocycles. The topological polar surface area (TPSA) is 34.1 Å². The summed E-state index contributed by atoms with van der Waals surface area (Å²) < 4.78 is 22.4. The highest BCUT2D eigenvalue weighted by Gasteiger charge is 2.67. The Hall–Kier alpha value is -0.540. The summed E-state index contributed by atoms with van der Waals surface area (Å²) in [5.41, 5.74) is 4.38. The van der Waals surface area contributed by atoms with E-state index in [1.165, 1.54) is 16.7 Å². The molecule has 4 heteroatoms. The summed E-state index contributed by atoms with van der Waals surface area (Å²) in [5, 5.41) is 0. The third-order valence-electron chi connectivity index (χ3n) is 4.59. The highest BCUT2D eigenvalue weighted by Crippen LogP contribution is 2.74. The van der Waals surface area contributed by atoms with Gasteiger partial charge in [-0.15, -0.1) is 0 Å². The average molecular weight is 299 g/mol. The zero-order valence-electron chi connectivity index (χ0n) is 11.4. The Bertz CT molecular complexity index is 594. The molecule has 0 atom stereocenters. The number of hydrogen-bond acceptors (Lipinski definition) is 2. The largest absolute Gasteiger partial charge is 0.233 e. The lowest BCUT2D eigenvalue weighted by molar-refractivity contribution is -0.186. The van der Waals surface area contributed by atoms with Crippen molar-refractivity contribution in [3.8, 4) is 0 Å². The highest BCUT2D eigenvalue weighted by atomic mass is 35.7. The first-order chi connectivity index (χ1) is 8.69. The van der Waals surface area contributed by atoms with Crippen LogP contribution in [0.1, 0.15) is 36.0 Å². The average Bonchev–Trinajstić information content (AvgIpc) is 2.08. The van der Waals surface area contributed by atoms with E-state index in [0.717, 1.165) is 25.7 Å². The molecule has 3 fully saturated rings. The first-order valence-electron chi connectivity index (χ1n) is 6.69. The molecule has 0 heterocycles. The van der Waals surface area contributed by atoms with Crippen molar-refractivity contribution >= 4 is 19.7 Å². The van der Waals surface area contributed by atoms with Gasteiger partial charge in [0.1, 0.15) is 0 Å². The van der Waals surface area contributed by atoms with Crippen molar-refractivity contribution in [1.29, 1.82) is 0 Å². The van der Waals surface area contributed by atoms with Crippen molar-refractivity contribution in [3.05, 3.63) is 34.9 Å². The first-order valence-corrected chi connectivity index (χ1v) is 9.17. The van der Waals surface area contributed by atoms with Gasteiger partial charge in [-0.05, 0) is 55.9 Å². The second-order valence-corrected chi connectivity index (χ2v) is 9.66. The molecule has 1 aromatic rings. The number of halogens is 1. The van der Waals surface area contributed by atoms with Crippen LogP contribution in [0.5, 0.6) is 0 Å². The number of hydrogen-bond donors (Lipinski definition) is 0. The van der Waals surface area contributed by atoms with Crippen LogP contribution >= 0.6 is 10.7 Å². The lowest BCUT2D eigenvalue weighted by Crippen LogP contribution is -2.64. The summed E-state index contributed by atoms with van der Waals surface area (Å²) in [4.78, 5) is 0. The number of rotatable bonds is 4. The minimum Gasteiger partial charge on any atom is -0.212 e. The zero-order valence-corrected chi connectivity index (χ0v) is 12.9. The summed E-state index contributed by atoms with van der Waals surface area (Å²) >= 11 is 0. The third kappa shape index (κ3) is 2.55. The Labute approximate surface area is 119 Å². The van der Waals surface area contributed by atoms with Gasteiger partial charge in [-0.2, -0.15) is 0 Å². The molecule has 104 valence electrons. The van der Waals surface area contributed by atoms with Gasteiger partial charge in [0.15, 0.2) is 0 Å². The lowest BCUT2D eigenvalue weighted by Gasteiger charge is -2.71. The lowest BCUT2D eigenvalue weighted by atomic mass is 9.34. The Balaban J connectivity index is 1.66. The van der Waals surface area contributed by atoms with Crippen LogP contribution in [0, 0.1) is 24.7 Å². The maximum atomic E-state index is 11.2. The normalized spacial score (nSPS) is 32.6. The minimum atomic E-state index is -3.35. The van der Waals surface area contributed by atoms with Gasteiger partial charge < -0.3 is 0 Å². The molecular weight excluding hydrogens is 280 g/mol. The molecule has 0 saturated heterocycles. The van der Waals surface area contributed by atoms with Crippen LogP contribution in [0.3, 0.4) is 0 Å². The second-order valence-electron chi connectivity index (χ2n) is 6.89. The number of benzene rings is 1. The van der Waals surface area contributed by atoms with Crippen molar-refractivity contribution in [2.75, 3.05) is 5.75 Å². The Morgan fingerprint density at radius 3 is 2.05 bits per heavy atom. The van der Waals surface area contributed by atoms with E-state index in [2.05, 4.69) is 32.0 Å². The van der Waals surface area contributed by atoms with Gasteiger partial charge in [0.2, 0.25) is 9.05 Å². The summed E-state index contributed by atoms with van der Waals surface area (Å²) in [7, 11) is 2.03. The molecule has 1 aromatic carbocycles. The second kappa shape index (κ2) is 3.98. The fourth-order valence-electron chi connectivity index (χ4n) is 4.54. The molecule has 2 bridgehead atoms. The molecule has 0 aliphatic heterocycles. The van der Waals surface area contributed by atoms with E-state index in [1.807, 2.05) is 0 Å². The van der Waals surface area contributed by atoms with E-state index in [1.54, 1.807) is 0 Å². The van der Waals surface area contributed by atoms with E-state index in [-0.39, 0.29) is 11.2 Å². The third-order valence-corrected chi connectivity index (χ3v) is 5.87. The molecule has 0 radical (unpaired) electrons. The summed E-state index contributed by atoms with van der Waals surface area (Å²) in [5.74, 6) is 0.163. The predicted octanol–water partition coefficient (Wildman–Crippen LogP) is 3.58. The van der Waals surface area contributed by atoms with Gasteiger partial charge in [-0.3, -0.25) is 0 Å². The van der Waals surface area contributed by atoms with E-state index < -0.39 is 9.05 Å². The SMILES string of the molecule is Cc1cc(C)cc(CC23CC(CS(=O)(=O)Cl)(C2)C3)c1. The number of aryl methyl sites for hydroxylation is 2. The quantitative estimate of drug-likeness (QED) is 0.796. The van der Waals surface area contributed by atoms with Crippen molar-refractivity contribution in [2.45, 2.75) is 39.5 Å². The zero-order chi connectivity index (χ0) is 13.9. The van der Waals surface area contributed by atoms with Gasteiger partial charge in [-0.1, -0.05) is 29.3 Å². The Kier molecular flexibility index (Phi) is 2.82. The monoisotopic (exact) mass is 298 g/mol. The fraction of sp³-hybridized carbons (Fsp3) is 0.600. The van der Waals surface area contributed by atoms with Gasteiger partial charge in [0.25, 0.3) is 0 Å². The summed E-state index contributed by atoms with van der Waals surface area (Å²) in [6.45, 7) is 4.25. The molecule has 0 amide bonds. The maximum Gasteiger partial charge on any atom is 0.233 e. The minimum absolute atomic E-state index is 0.0133. The molecule has 0 spiro atoms. The van der Waals surface area contributed by atoms with Crippen molar-refractivity contribution in [1.82, 2.24) is 0 Å². The summed E-state index contributed by atoms with van der Waals surface area (Å²) in [6, 6.07) is 6.68. The van der Waals surface area contributed by atoms with E-state index >= 15 is 0 Å². The standard InChI is InChI=1S/C15H19ClO2S/c1-11-3-12(2)5-13(4-11)6-14-7-15(8-14,9-14)10-19(16,17)18/h3-5H,6-10H2,1-2H3. The Morgan fingerprint density at radius 2 is 1.58 bits per heavy atom. The molecule has 4 rings (SSSR count). The van der Waals surface area contributed by atoms with E-state index in [0.29, 0.717) is 5.41 Å². The Morgan fingerprint density at radius 1 is 1.05 bits per heavy atom. The molecular formula is C15H19ClO2S. The van der Waals surface area contributed by atoms with E-state index in [9.17, 15) is 8.42 Å². The van der Waals surface area contributed by atoms with Crippen LogP contribution in [0.4, 0.5) is 0 Å². The van der Waals surface area contributed by atoms with Crippen LogP contribution in [-0.2, 0) is 15.5 Å². The summed E-state index contributed by atoms with van der Waals surface area (Å²) in [6.07, 6.45) is 4.16. The molecule has 3 aliphatic carbocycles. The van der Waals surface area contributed by atoms with Gasteiger partial charge in [0, 0.05) is 10.7 Å². The van der Waals surface area contributed by atoms with Crippen LogP contribution < -0.4 is 0 Å². The fourth-order valence-corrected chi connectivity index (χ4v) is 6.27. The smallest absolute Gasteiger partial charge is 0.212 e. The molecule has 2 nitrogen and oxygen atoms in total. The maximum absolute atomic E-state index is 11.2.